The average Bonchev–Trinajstić information content (AvgIpc) is 4.08. The standard InChI is InChI=1S/C24H25NO3S.C18H21NO/c26-29(27,23-14-8-3-9-15-23)25-19-24(21-12-6-2-7-13-21)16-22(24)18-28-17-20-10-4-1-5-11-20;19-14-18(16-9-5-2-6-10-16)11-17(18)13-20-12-15-7-3-1-4-8-15/h1-15,22,25H,16-19H2;1-10,17H,11-14,19H2/t22-,24-;17-,18-/m00/s1. The van der Waals surface area contributed by atoms with Crippen LogP contribution in [0.1, 0.15) is 35.1 Å². The summed E-state index contributed by atoms with van der Waals surface area (Å²) in [6.07, 6.45) is 2.05. The van der Waals surface area contributed by atoms with Gasteiger partial charge in [-0.05, 0) is 59.1 Å². The summed E-state index contributed by atoms with van der Waals surface area (Å²) in [6, 6.07) is 49.7. The summed E-state index contributed by atoms with van der Waals surface area (Å²) in [6.45, 7) is 3.73. The first kappa shape index (κ1) is 34.7. The Morgan fingerprint density at radius 1 is 0.571 bits per heavy atom. The second kappa shape index (κ2) is 16.1. The van der Waals surface area contributed by atoms with E-state index in [0.717, 1.165) is 30.6 Å². The number of hydrogen-bond acceptors (Lipinski definition) is 5. The van der Waals surface area contributed by atoms with Crippen molar-refractivity contribution in [3.05, 3.63) is 174 Å². The van der Waals surface area contributed by atoms with E-state index in [0.29, 0.717) is 43.7 Å². The first-order chi connectivity index (χ1) is 24.0. The number of nitrogens with two attached hydrogens (primary N) is 1. The Morgan fingerprint density at radius 2 is 0.959 bits per heavy atom. The molecule has 2 aliphatic carbocycles. The van der Waals surface area contributed by atoms with Crippen molar-refractivity contribution >= 4 is 10.0 Å². The predicted molar refractivity (Wildman–Crippen MR) is 195 cm³/mol. The summed E-state index contributed by atoms with van der Waals surface area (Å²) in [5.74, 6) is 0.839. The van der Waals surface area contributed by atoms with Crippen molar-refractivity contribution in [1.29, 1.82) is 0 Å². The topological polar surface area (TPSA) is 90.7 Å². The van der Waals surface area contributed by atoms with Crippen LogP contribution in [0.3, 0.4) is 0 Å². The molecule has 2 aliphatic rings. The van der Waals surface area contributed by atoms with E-state index in [1.165, 1.54) is 11.1 Å². The minimum absolute atomic E-state index is 0.151. The molecule has 0 bridgehead atoms. The van der Waals surface area contributed by atoms with E-state index in [4.69, 9.17) is 15.2 Å². The van der Waals surface area contributed by atoms with Crippen LogP contribution in [0.4, 0.5) is 0 Å². The van der Waals surface area contributed by atoms with Gasteiger partial charge in [0, 0.05) is 23.9 Å². The molecule has 0 amide bonds. The van der Waals surface area contributed by atoms with Gasteiger partial charge >= 0.3 is 0 Å². The lowest BCUT2D eigenvalue weighted by Gasteiger charge is -2.19. The van der Waals surface area contributed by atoms with Gasteiger partial charge < -0.3 is 15.2 Å². The molecule has 6 nitrogen and oxygen atoms in total. The van der Waals surface area contributed by atoms with Crippen molar-refractivity contribution in [3.63, 3.8) is 0 Å². The lowest BCUT2D eigenvalue weighted by Crippen LogP contribution is -2.34. The number of hydrogen-bond donors (Lipinski definition) is 2. The van der Waals surface area contributed by atoms with Crippen LogP contribution in [0, 0.1) is 11.8 Å². The third-order valence-corrected chi connectivity index (χ3v) is 11.4. The Hall–Kier alpha value is -4.11. The Bertz CT molecular complexity index is 1830. The van der Waals surface area contributed by atoms with Crippen LogP contribution < -0.4 is 10.5 Å². The fourth-order valence-corrected chi connectivity index (χ4v) is 7.96. The van der Waals surface area contributed by atoms with E-state index in [-0.39, 0.29) is 16.7 Å². The van der Waals surface area contributed by atoms with E-state index < -0.39 is 10.0 Å². The van der Waals surface area contributed by atoms with Crippen LogP contribution in [0.2, 0.25) is 0 Å². The van der Waals surface area contributed by atoms with Gasteiger partial charge in [0.1, 0.15) is 0 Å². The van der Waals surface area contributed by atoms with Gasteiger partial charge in [0.15, 0.2) is 0 Å². The minimum atomic E-state index is -3.54. The molecule has 7 rings (SSSR count). The van der Waals surface area contributed by atoms with Gasteiger partial charge in [0.2, 0.25) is 10.0 Å². The summed E-state index contributed by atoms with van der Waals surface area (Å²) in [5, 5.41) is 0. The Morgan fingerprint density at radius 3 is 1.43 bits per heavy atom. The molecule has 2 fully saturated rings. The minimum Gasteiger partial charge on any atom is -0.376 e. The van der Waals surface area contributed by atoms with Crippen LogP contribution in [0.15, 0.2) is 157 Å². The van der Waals surface area contributed by atoms with Gasteiger partial charge in [-0.1, -0.05) is 140 Å². The molecule has 0 spiro atoms. The van der Waals surface area contributed by atoms with Crippen molar-refractivity contribution in [2.75, 3.05) is 26.3 Å². The zero-order valence-corrected chi connectivity index (χ0v) is 28.7. The molecule has 4 atom stereocenters. The fourth-order valence-electron chi connectivity index (χ4n) is 6.83. The molecule has 49 heavy (non-hydrogen) atoms. The van der Waals surface area contributed by atoms with E-state index in [9.17, 15) is 8.42 Å². The van der Waals surface area contributed by atoms with Gasteiger partial charge in [0.25, 0.3) is 0 Å². The molecule has 0 saturated heterocycles. The summed E-state index contributed by atoms with van der Waals surface area (Å²) in [4.78, 5) is 0.292. The highest BCUT2D eigenvalue weighted by Crippen LogP contribution is 2.54. The highest BCUT2D eigenvalue weighted by atomic mass is 32.2. The smallest absolute Gasteiger partial charge is 0.240 e. The summed E-state index contributed by atoms with van der Waals surface area (Å²) in [5.41, 5.74) is 10.8. The summed E-state index contributed by atoms with van der Waals surface area (Å²) in [7, 11) is -3.54. The highest BCUT2D eigenvalue weighted by Gasteiger charge is 2.55. The van der Waals surface area contributed by atoms with Gasteiger partial charge in [0.05, 0.1) is 31.3 Å². The normalized spacial score (nSPS) is 22.5. The van der Waals surface area contributed by atoms with Gasteiger partial charge in [-0.2, -0.15) is 0 Å². The lowest BCUT2D eigenvalue weighted by molar-refractivity contribution is 0.106. The maximum Gasteiger partial charge on any atom is 0.240 e. The van der Waals surface area contributed by atoms with Crippen molar-refractivity contribution in [1.82, 2.24) is 4.72 Å². The summed E-state index contributed by atoms with van der Waals surface area (Å²) < 4.78 is 40.1. The molecule has 2 saturated carbocycles. The number of nitrogens with one attached hydrogen (secondary N) is 1. The molecule has 5 aromatic rings. The Labute approximate surface area is 291 Å². The van der Waals surface area contributed by atoms with E-state index >= 15 is 0 Å². The number of benzene rings is 5. The number of rotatable bonds is 15. The van der Waals surface area contributed by atoms with Gasteiger partial charge in [-0.15, -0.1) is 0 Å². The Balaban J connectivity index is 0.000000182. The zero-order chi connectivity index (χ0) is 34.0. The Kier molecular flexibility index (Phi) is 11.4. The van der Waals surface area contributed by atoms with Crippen LogP contribution in [-0.2, 0) is 43.5 Å². The molecule has 0 heterocycles. The van der Waals surface area contributed by atoms with Crippen molar-refractivity contribution in [2.24, 2.45) is 17.6 Å². The zero-order valence-electron chi connectivity index (χ0n) is 27.9. The molecule has 0 aliphatic heterocycles. The second-order valence-electron chi connectivity index (χ2n) is 13.2. The summed E-state index contributed by atoms with van der Waals surface area (Å²) >= 11 is 0. The number of ether oxygens (including phenoxy) is 2. The average molecular weight is 675 g/mol. The van der Waals surface area contributed by atoms with Crippen molar-refractivity contribution in [3.8, 4) is 0 Å². The monoisotopic (exact) mass is 674 g/mol. The van der Waals surface area contributed by atoms with Crippen LogP contribution in [0.25, 0.3) is 0 Å². The van der Waals surface area contributed by atoms with E-state index in [2.05, 4.69) is 59.3 Å². The van der Waals surface area contributed by atoms with Crippen molar-refractivity contribution in [2.45, 2.75) is 41.8 Å². The maximum absolute atomic E-state index is 12.7. The predicted octanol–water partition coefficient (Wildman–Crippen LogP) is 7.26. The quantitative estimate of drug-likeness (QED) is 0.122. The largest absolute Gasteiger partial charge is 0.376 e. The van der Waals surface area contributed by atoms with Crippen molar-refractivity contribution < 1.29 is 17.9 Å². The fraction of sp³-hybridized carbons (Fsp3) is 0.286. The van der Waals surface area contributed by atoms with Crippen LogP contribution in [0.5, 0.6) is 0 Å². The molecule has 3 N–H and O–H groups in total. The van der Waals surface area contributed by atoms with E-state index in [1.807, 2.05) is 72.8 Å². The second-order valence-corrected chi connectivity index (χ2v) is 15.0. The third-order valence-electron chi connectivity index (χ3n) is 10.0. The first-order valence-corrected chi connectivity index (χ1v) is 18.5. The molecule has 7 heteroatoms. The molecule has 0 radical (unpaired) electrons. The molecular weight excluding hydrogens is 629 g/mol. The third kappa shape index (κ3) is 8.74. The molecule has 254 valence electrons. The van der Waals surface area contributed by atoms with Crippen LogP contribution in [-0.4, -0.2) is 34.7 Å². The number of sulfonamides is 1. The lowest BCUT2D eigenvalue weighted by atomic mass is 9.93. The molecular formula is C42H46N2O4S. The first-order valence-electron chi connectivity index (χ1n) is 17.0. The van der Waals surface area contributed by atoms with Gasteiger partial charge in [-0.25, -0.2) is 13.1 Å². The van der Waals surface area contributed by atoms with Crippen LogP contribution >= 0.6 is 0 Å². The SMILES string of the molecule is NC[C@]1(c2ccccc2)C[C@H]1COCc1ccccc1.O=S(=O)(NC[C@]1(c2ccccc2)C[C@H]1COCc1ccccc1)c1ccccc1. The highest BCUT2D eigenvalue weighted by molar-refractivity contribution is 7.89. The molecule has 0 unspecified atom stereocenters. The van der Waals surface area contributed by atoms with Gasteiger partial charge in [-0.3, -0.25) is 0 Å². The maximum atomic E-state index is 12.7. The molecule has 5 aromatic carbocycles. The van der Waals surface area contributed by atoms with E-state index in [1.54, 1.807) is 24.3 Å². The molecule has 0 aromatic heterocycles.